The summed E-state index contributed by atoms with van der Waals surface area (Å²) in [5.74, 6) is -0.0660. The summed E-state index contributed by atoms with van der Waals surface area (Å²) < 4.78 is 1.83. The predicted octanol–water partition coefficient (Wildman–Crippen LogP) is 3.79. The number of nitrogens with one attached hydrogen (secondary N) is 1. The maximum absolute atomic E-state index is 12.7. The Morgan fingerprint density at radius 3 is 2.65 bits per heavy atom. The second-order valence-electron chi connectivity index (χ2n) is 6.30. The molecule has 1 unspecified atom stereocenters. The second kappa shape index (κ2) is 7.29. The molecule has 0 saturated heterocycles. The molecular weight excluding hydrogens is 346 g/mol. The van der Waals surface area contributed by atoms with Gasteiger partial charge < -0.3 is 5.32 Å². The minimum Gasteiger partial charge on any atom is -0.325 e. The number of aromatic nitrogens is 4. The van der Waals surface area contributed by atoms with E-state index in [1.807, 2.05) is 66.2 Å². The van der Waals surface area contributed by atoms with Crippen LogP contribution >= 0.6 is 11.8 Å². The maximum atomic E-state index is 12.7. The predicted molar refractivity (Wildman–Crippen MR) is 102 cm³/mol. The lowest BCUT2D eigenvalue weighted by Gasteiger charge is -2.14. The minimum absolute atomic E-state index is 0.0660. The van der Waals surface area contributed by atoms with Crippen LogP contribution in [0.5, 0.6) is 0 Å². The van der Waals surface area contributed by atoms with E-state index in [0.717, 1.165) is 29.7 Å². The number of carbonyl (C=O) groups is 1. The van der Waals surface area contributed by atoms with Crippen molar-refractivity contribution < 1.29 is 4.79 Å². The van der Waals surface area contributed by atoms with Gasteiger partial charge in [-0.2, -0.15) is 0 Å². The molecule has 26 heavy (non-hydrogen) atoms. The SMILES string of the molecule is CC(Sc1nnnn1C1CC1)C(=O)Nc1ccccc1-c1ccccc1. The summed E-state index contributed by atoms with van der Waals surface area (Å²) in [7, 11) is 0. The number of tetrazole rings is 1. The lowest BCUT2D eigenvalue weighted by Crippen LogP contribution is -2.23. The molecule has 132 valence electrons. The van der Waals surface area contributed by atoms with E-state index in [4.69, 9.17) is 0 Å². The van der Waals surface area contributed by atoms with Gasteiger partial charge in [-0.25, -0.2) is 4.68 Å². The standard InChI is InChI=1S/C19H19N5OS/c1-13(26-19-21-22-23-24(19)15-11-12-15)18(25)20-17-10-6-5-9-16(17)14-7-3-2-4-8-14/h2-10,13,15H,11-12H2,1H3,(H,20,25). The van der Waals surface area contributed by atoms with Gasteiger partial charge in [0.15, 0.2) is 0 Å². The molecule has 0 aliphatic heterocycles. The number of hydrogen-bond donors (Lipinski definition) is 1. The molecule has 6 nitrogen and oxygen atoms in total. The van der Waals surface area contributed by atoms with Crippen LogP contribution in [0.1, 0.15) is 25.8 Å². The Hall–Kier alpha value is -2.67. The number of para-hydroxylation sites is 1. The molecule has 1 aliphatic rings. The van der Waals surface area contributed by atoms with E-state index in [9.17, 15) is 4.79 Å². The topological polar surface area (TPSA) is 72.7 Å². The van der Waals surface area contributed by atoms with Crippen molar-refractivity contribution in [2.24, 2.45) is 0 Å². The summed E-state index contributed by atoms with van der Waals surface area (Å²) in [4.78, 5) is 12.7. The third-order valence-corrected chi connectivity index (χ3v) is 5.32. The molecule has 1 heterocycles. The van der Waals surface area contributed by atoms with Crippen molar-refractivity contribution >= 4 is 23.4 Å². The van der Waals surface area contributed by atoms with E-state index in [1.54, 1.807) is 0 Å². The summed E-state index contributed by atoms with van der Waals surface area (Å²) in [5.41, 5.74) is 2.88. The Labute approximate surface area is 156 Å². The van der Waals surface area contributed by atoms with Crippen molar-refractivity contribution in [3.63, 3.8) is 0 Å². The molecule has 1 aromatic heterocycles. The van der Waals surface area contributed by atoms with Gasteiger partial charge in [0.05, 0.1) is 11.3 Å². The Balaban J connectivity index is 1.49. The molecule has 1 amide bonds. The molecule has 1 saturated carbocycles. The largest absolute Gasteiger partial charge is 0.325 e. The molecule has 1 fully saturated rings. The summed E-state index contributed by atoms with van der Waals surface area (Å²) in [6, 6.07) is 18.2. The van der Waals surface area contributed by atoms with Crippen LogP contribution in [0.4, 0.5) is 5.69 Å². The Bertz CT molecular complexity index is 907. The molecule has 7 heteroatoms. The first-order valence-corrected chi connectivity index (χ1v) is 9.50. The molecular formula is C19H19N5OS. The average molecular weight is 365 g/mol. The van der Waals surface area contributed by atoms with Crippen molar-refractivity contribution in [1.82, 2.24) is 20.2 Å². The fourth-order valence-electron chi connectivity index (χ4n) is 2.72. The molecule has 0 spiro atoms. The van der Waals surface area contributed by atoms with Crippen LogP contribution in [0.15, 0.2) is 59.8 Å². The lowest BCUT2D eigenvalue weighted by molar-refractivity contribution is -0.115. The van der Waals surface area contributed by atoms with Crippen LogP contribution in [-0.2, 0) is 4.79 Å². The van der Waals surface area contributed by atoms with E-state index >= 15 is 0 Å². The highest BCUT2D eigenvalue weighted by molar-refractivity contribution is 8.00. The van der Waals surface area contributed by atoms with Gasteiger partial charge in [0.2, 0.25) is 11.1 Å². The maximum Gasteiger partial charge on any atom is 0.237 e. The fraction of sp³-hybridized carbons (Fsp3) is 0.263. The summed E-state index contributed by atoms with van der Waals surface area (Å²) in [6.45, 7) is 1.87. The molecule has 0 bridgehead atoms. The van der Waals surface area contributed by atoms with E-state index < -0.39 is 0 Å². The van der Waals surface area contributed by atoms with E-state index in [-0.39, 0.29) is 11.2 Å². The van der Waals surface area contributed by atoms with Gasteiger partial charge in [-0.3, -0.25) is 4.79 Å². The summed E-state index contributed by atoms with van der Waals surface area (Å²) >= 11 is 1.39. The number of hydrogen-bond acceptors (Lipinski definition) is 5. The Morgan fingerprint density at radius 1 is 1.15 bits per heavy atom. The molecule has 0 radical (unpaired) electrons. The number of carbonyl (C=O) groups excluding carboxylic acids is 1. The van der Waals surface area contributed by atoms with E-state index in [2.05, 4.69) is 20.8 Å². The second-order valence-corrected chi connectivity index (χ2v) is 7.61. The fourth-order valence-corrected chi connectivity index (χ4v) is 3.58. The number of nitrogens with zero attached hydrogens (tertiary/aromatic N) is 4. The monoisotopic (exact) mass is 365 g/mol. The van der Waals surface area contributed by atoms with Crippen molar-refractivity contribution in [2.45, 2.75) is 36.2 Å². The van der Waals surface area contributed by atoms with Crippen LogP contribution < -0.4 is 5.32 Å². The van der Waals surface area contributed by atoms with Gasteiger partial charge >= 0.3 is 0 Å². The molecule has 3 aromatic rings. The zero-order valence-electron chi connectivity index (χ0n) is 14.4. The van der Waals surface area contributed by atoms with Gasteiger partial charge in [0.25, 0.3) is 0 Å². The number of benzene rings is 2. The molecule has 4 rings (SSSR count). The first-order valence-electron chi connectivity index (χ1n) is 8.62. The van der Waals surface area contributed by atoms with Crippen LogP contribution in [0.3, 0.4) is 0 Å². The quantitative estimate of drug-likeness (QED) is 0.673. The van der Waals surface area contributed by atoms with Crippen molar-refractivity contribution in [3.05, 3.63) is 54.6 Å². The third-order valence-electron chi connectivity index (χ3n) is 4.28. The van der Waals surface area contributed by atoms with Crippen LogP contribution in [0.25, 0.3) is 11.1 Å². The van der Waals surface area contributed by atoms with Crippen molar-refractivity contribution in [2.75, 3.05) is 5.32 Å². The van der Waals surface area contributed by atoms with E-state index in [0.29, 0.717) is 11.2 Å². The first kappa shape index (κ1) is 16.8. The third kappa shape index (κ3) is 3.62. The first-order chi connectivity index (χ1) is 12.7. The van der Waals surface area contributed by atoms with Crippen molar-refractivity contribution in [3.8, 4) is 11.1 Å². The van der Waals surface area contributed by atoms with Crippen LogP contribution in [0.2, 0.25) is 0 Å². The van der Waals surface area contributed by atoms with Crippen molar-refractivity contribution in [1.29, 1.82) is 0 Å². The average Bonchev–Trinajstić information content (AvgIpc) is 3.42. The normalized spacial score (nSPS) is 14.8. The number of amides is 1. The zero-order chi connectivity index (χ0) is 17.9. The molecule has 1 atom stereocenters. The lowest BCUT2D eigenvalue weighted by atomic mass is 10.0. The highest BCUT2D eigenvalue weighted by Crippen LogP contribution is 2.37. The molecule has 1 N–H and O–H groups in total. The minimum atomic E-state index is -0.303. The highest BCUT2D eigenvalue weighted by Gasteiger charge is 2.29. The van der Waals surface area contributed by atoms with Crippen LogP contribution in [0, 0.1) is 0 Å². The van der Waals surface area contributed by atoms with Gasteiger partial charge in [-0.1, -0.05) is 60.3 Å². The van der Waals surface area contributed by atoms with Gasteiger partial charge in [-0.05, 0) is 41.8 Å². The smallest absolute Gasteiger partial charge is 0.237 e. The molecule has 1 aliphatic carbocycles. The zero-order valence-corrected chi connectivity index (χ0v) is 15.2. The Kier molecular flexibility index (Phi) is 4.71. The van der Waals surface area contributed by atoms with E-state index in [1.165, 1.54) is 11.8 Å². The number of anilines is 1. The number of rotatable bonds is 6. The van der Waals surface area contributed by atoms with Gasteiger partial charge in [-0.15, -0.1) is 5.10 Å². The highest BCUT2D eigenvalue weighted by atomic mass is 32.2. The Morgan fingerprint density at radius 2 is 1.88 bits per heavy atom. The summed E-state index contributed by atoms with van der Waals surface area (Å²) in [6.07, 6.45) is 2.20. The number of thioether (sulfide) groups is 1. The summed E-state index contributed by atoms with van der Waals surface area (Å²) in [5, 5.41) is 15.3. The van der Waals surface area contributed by atoms with Gasteiger partial charge in [0.1, 0.15) is 0 Å². The molecule has 2 aromatic carbocycles. The van der Waals surface area contributed by atoms with Gasteiger partial charge in [0, 0.05) is 11.3 Å². The van der Waals surface area contributed by atoms with Crippen LogP contribution in [-0.4, -0.2) is 31.4 Å².